The highest BCUT2D eigenvalue weighted by Crippen LogP contribution is 2.27. The van der Waals surface area contributed by atoms with Crippen LogP contribution in [0, 0.1) is 0 Å². The molecule has 6 heteroatoms. The summed E-state index contributed by atoms with van der Waals surface area (Å²) in [5.41, 5.74) is 0.952. The summed E-state index contributed by atoms with van der Waals surface area (Å²) in [5, 5.41) is 4.34. The van der Waals surface area contributed by atoms with Gasteiger partial charge in [-0.25, -0.2) is 4.98 Å². The Morgan fingerprint density at radius 1 is 1.20 bits per heavy atom. The maximum atomic E-state index is 6.02. The summed E-state index contributed by atoms with van der Waals surface area (Å²) in [6.07, 6.45) is 2.92. The lowest BCUT2D eigenvalue weighted by atomic mass is 10.2. The molecule has 0 atom stereocenters. The molecule has 1 aromatic carbocycles. The maximum absolute atomic E-state index is 6.02. The first-order valence-corrected chi connectivity index (χ1v) is 8.43. The summed E-state index contributed by atoms with van der Waals surface area (Å²) in [6.45, 7) is 0.619. The summed E-state index contributed by atoms with van der Waals surface area (Å²) < 4.78 is 5.63. The third-order valence-corrected chi connectivity index (χ3v) is 4.45. The third-order valence-electron chi connectivity index (χ3n) is 2.67. The largest absolute Gasteiger partial charge is 0.492 e. The second kappa shape index (κ2) is 8.08. The van der Waals surface area contributed by atoms with Gasteiger partial charge in [-0.3, -0.25) is 0 Å². The van der Waals surface area contributed by atoms with E-state index in [4.69, 9.17) is 39.5 Å². The second-order valence-electron chi connectivity index (χ2n) is 4.25. The number of rotatable bonds is 7. The van der Waals surface area contributed by atoms with Crippen LogP contribution in [-0.2, 0) is 12.3 Å². The van der Waals surface area contributed by atoms with Gasteiger partial charge in [-0.2, -0.15) is 0 Å². The van der Waals surface area contributed by atoms with Gasteiger partial charge >= 0.3 is 0 Å². The van der Waals surface area contributed by atoms with Gasteiger partial charge in [0.25, 0.3) is 0 Å². The number of hydrogen-bond acceptors (Lipinski definition) is 3. The standard InChI is InChI=1S/C14H14Cl3NOS/c15-8-11-9-20-14(18-11)3-1-2-6-19-13-7-10(16)4-5-12(13)17/h4-5,7,9H,1-3,6,8H2. The minimum absolute atomic E-state index is 0.479. The van der Waals surface area contributed by atoms with Gasteiger partial charge in [-0.05, 0) is 31.4 Å². The average molecular weight is 351 g/mol. The number of thiazole rings is 1. The minimum atomic E-state index is 0.479. The van der Waals surface area contributed by atoms with Crippen LogP contribution in [0.2, 0.25) is 10.0 Å². The molecule has 0 aliphatic heterocycles. The molecule has 1 aromatic heterocycles. The van der Waals surface area contributed by atoms with Crippen LogP contribution in [0.4, 0.5) is 0 Å². The Kier molecular flexibility index (Phi) is 6.43. The summed E-state index contributed by atoms with van der Waals surface area (Å²) in [4.78, 5) is 4.42. The summed E-state index contributed by atoms with van der Waals surface area (Å²) in [7, 11) is 0. The topological polar surface area (TPSA) is 22.1 Å². The van der Waals surface area contributed by atoms with E-state index in [1.165, 1.54) is 0 Å². The van der Waals surface area contributed by atoms with Crippen LogP contribution >= 0.6 is 46.1 Å². The molecule has 0 spiro atoms. The zero-order valence-electron chi connectivity index (χ0n) is 10.7. The molecule has 0 amide bonds. The predicted molar refractivity (Wildman–Crippen MR) is 86.6 cm³/mol. The van der Waals surface area contributed by atoms with Gasteiger partial charge in [0.1, 0.15) is 5.75 Å². The van der Waals surface area contributed by atoms with Crippen LogP contribution in [0.5, 0.6) is 5.75 Å². The smallest absolute Gasteiger partial charge is 0.139 e. The van der Waals surface area contributed by atoms with E-state index in [1.807, 2.05) is 5.38 Å². The third kappa shape index (κ3) is 4.81. The molecule has 108 valence electrons. The van der Waals surface area contributed by atoms with Crippen molar-refractivity contribution in [2.75, 3.05) is 6.61 Å². The monoisotopic (exact) mass is 349 g/mol. The summed E-state index contributed by atoms with van der Waals surface area (Å²) >= 11 is 19.3. The zero-order chi connectivity index (χ0) is 14.4. The first-order chi connectivity index (χ1) is 9.69. The van der Waals surface area contributed by atoms with E-state index in [-0.39, 0.29) is 0 Å². The molecular formula is C14H14Cl3NOS. The molecular weight excluding hydrogens is 337 g/mol. The fourth-order valence-electron chi connectivity index (χ4n) is 1.67. The SMILES string of the molecule is ClCc1csc(CCCCOc2cc(Cl)ccc2Cl)n1. The Bertz CT molecular complexity index is 559. The predicted octanol–water partition coefficient (Wildman–Crippen LogP) is 5.59. The Labute approximate surface area is 137 Å². The highest BCUT2D eigenvalue weighted by molar-refractivity contribution is 7.09. The number of aryl methyl sites for hydroxylation is 1. The number of unbranched alkanes of at least 4 members (excludes halogenated alkanes) is 1. The van der Waals surface area contributed by atoms with E-state index in [0.717, 1.165) is 30.0 Å². The van der Waals surface area contributed by atoms with E-state index >= 15 is 0 Å². The van der Waals surface area contributed by atoms with E-state index in [2.05, 4.69) is 4.98 Å². The maximum Gasteiger partial charge on any atom is 0.139 e. The minimum Gasteiger partial charge on any atom is -0.492 e. The van der Waals surface area contributed by atoms with Gasteiger partial charge in [0.05, 0.1) is 28.2 Å². The molecule has 0 radical (unpaired) electrons. The normalized spacial score (nSPS) is 10.8. The highest BCUT2D eigenvalue weighted by atomic mass is 35.5. The summed E-state index contributed by atoms with van der Waals surface area (Å²) in [6, 6.07) is 5.22. The Hall–Kier alpha value is -0.480. The molecule has 0 bridgehead atoms. The molecule has 0 aliphatic carbocycles. The molecule has 0 unspecified atom stereocenters. The van der Waals surface area contributed by atoms with Crippen molar-refractivity contribution >= 4 is 46.1 Å². The molecule has 0 aliphatic rings. The van der Waals surface area contributed by atoms with Crippen molar-refractivity contribution < 1.29 is 4.74 Å². The molecule has 0 saturated carbocycles. The molecule has 1 heterocycles. The average Bonchev–Trinajstić information content (AvgIpc) is 2.90. The molecule has 0 N–H and O–H groups in total. The van der Waals surface area contributed by atoms with Crippen molar-refractivity contribution in [2.24, 2.45) is 0 Å². The lowest BCUT2D eigenvalue weighted by Crippen LogP contribution is -1.99. The van der Waals surface area contributed by atoms with Crippen molar-refractivity contribution in [1.29, 1.82) is 0 Å². The number of nitrogens with zero attached hydrogens (tertiary/aromatic N) is 1. The molecule has 2 nitrogen and oxygen atoms in total. The fourth-order valence-corrected chi connectivity index (χ4v) is 3.08. The first-order valence-electron chi connectivity index (χ1n) is 6.26. The number of hydrogen-bond donors (Lipinski definition) is 0. The molecule has 0 fully saturated rings. The number of aromatic nitrogens is 1. The van der Waals surface area contributed by atoms with Crippen molar-refractivity contribution in [2.45, 2.75) is 25.1 Å². The number of halogens is 3. The lowest BCUT2D eigenvalue weighted by molar-refractivity contribution is 0.307. The lowest BCUT2D eigenvalue weighted by Gasteiger charge is -2.07. The van der Waals surface area contributed by atoms with Crippen molar-refractivity contribution in [3.8, 4) is 5.75 Å². The van der Waals surface area contributed by atoms with E-state index in [9.17, 15) is 0 Å². The highest BCUT2D eigenvalue weighted by Gasteiger charge is 2.03. The number of ether oxygens (including phenoxy) is 1. The molecule has 2 aromatic rings. The Balaban J connectivity index is 1.70. The van der Waals surface area contributed by atoms with Crippen molar-refractivity contribution in [3.05, 3.63) is 44.3 Å². The van der Waals surface area contributed by atoms with Gasteiger partial charge < -0.3 is 4.74 Å². The van der Waals surface area contributed by atoms with Gasteiger partial charge in [0.15, 0.2) is 0 Å². The number of alkyl halides is 1. The second-order valence-corrected chi connectivity index (χ2v) is 6.30. The zero-order valence-corrected chi connectivity index (χ0v) is 13.8. The van der Waals surface area contributed by atoms with E-state index in [0.29, 0.717) is 28.3 Å². The van der Waals surface area contributed by atoms with Crippen molar-refractivity contribution in [3.63, 3.8) is 0 Å². The van der Waals surface area contributed by atoms with Crippen LogP contribution < -0.4 is 4.74 Å². The van der Waals surface area contributed by atoms with Crippen LogP contribution in [0.3, 0.4) is 0 Å². The van der Waals surface area contributed by atoms with E-state index in [1.54, 1.807) is 29.5 Å². The molecule has 2 rings (SSSR count). The van der Waals surface area contributed by atoms with Crippen LogP contribution in [0.1, 0.15) is 23.5 Å². The fraction of sp³-hybridized carbons (Fsp3) is 0.357. The molecule has 20 heavy (non-hydrogen) atoms. The number of benzene rings is 1. The Morgan fingerprint density at radius 3 is 2.80 bits per heavy atom. The van der Waals surface area contributed by atoms with Crippen LogP contribution in [0.25, 0.3) is 0 Å². The van der Waals surface area contributed by atoms with Crippen LogP contribution in [-0.4, -0.2) is 11.6 Å². The molecule has 0 saturated heterocycles. The van der Waals surface area contributed by atoms with Gasteiger partial charge in [0, 0.05) is 16.5 Å². The van der Waals surface area contributed by atoms with Gasteiger partial charge in [-0.15, -0.1) is 22.9 Å². The van der Waals surface area contributed by atoms with Gasteiger partial charge in [-0.1, -0.05) is 23.2 Å². The summed E-state index contributed by atoms with van der Waals surface area (Å²) in [5.74, 6) is 1.12. The Morgan fingerprint density at radius 2 is 2.05 bits per heavy atom. The quantitative estimate of drug-likeness (QED) is 0.479. The van der Waals surface area contributed by atoms with Crippen LogP contribution in [0.15, 0.2) is 23.6 Å². The van der Waals surface area contributed by atoms with Gasteiger partial charge in [0.2, 0.25) is 0 Å². The van der Waals surface area contributed by atoms with Crippen molar-refractivity contribution in [1.82, 2.24) is 4.98 Å². The van der Waals surface area contributed by atoms with E-state index < -0.39 is 0 Å². The first kappa shape index (κ1) is 15.9.